The monoisotopic (exact) mass is 346 g/mol. The molecule has 0 spiro atoms. The van der Waals surface area contributed by atoms with E-state index in [0.717, 1.165) is 54.1 Å². The predicted molar refractivity (Wildman–Crippen MR) is 102 cm³/mol. The third kappa shape index (κ3) is 2.72. The van der Waals surface area contributed by atoms with E-state index in [9.17, 15) is 0 Å². The minimum Gasteiger partial charge on any atom is -0.376 e. The van der Waals surface area contributed by atoms with Gasteiger partial charge in [0.15, 0.2) is 5.82 Å². The van der Waals surface area contributed by atoms with Gasteiger partial charge in [-0.2, -0.15) is 0 Å². The summed E-state index contributed by atoms with van der Waals surface area (Å²) in [5, 5.41) is 1.12. The Morgan fingerprint density at radius 1 is 1.00 bits per heavy atom. The number of para-hydroxylation sites is 1. The Hall–Kier alpha value is -2.53. The zero-order chi connectivity index (χ0) is 17.3. The van der Waals surface area contributed by atoms with Crippen LogP contribution in [0.25, 0.3) is 22.3 Å². The summed E-state index contributed by atoms with van der Waals surface area (Å²) < 4.78 is 6.11. The second-order valence-corrected chi connectivity index (χ2v) is 7.08. The second-order valence-electron chi connectivity index (χ2n) is 7.08. The molecule has 5 rings (SSSR count). The molecule has 2 atom stereocenters. The van der Waals surface area contributed by atoms with E-state index in [-0.39, 0.29) is 0 Å². The SMILES string of the molecule is c1cncc(-c2nc(N3CCCO[C@H]4CCC[C@H]43)c3ccccc3n2)c1. The number of aromatic nitrogens is 3. The van der Waals surface area contributed by atoms with Crippen molar-refractivity contribution in [3.05, 3.63) is 48.8 Å². The Balaban J connectivity index is 1.68. The summed E-state index contributed by atoms with van der Waals surface area (Å²) in [6.45, 7) is 1.82. The zero-order valence-electron chi connectivity index (χ0n) is 14.7. The van der Waals surface area contributed by atoms with Crippen molar-refractivity contribution in [1.82, 2.24) is 15.0 Å². The lowest BCUT2D eigenvalue weighted by molar-refractivity contribution is 0.0591. The molecule has 0 N–H and O–H groups in total. The van der Waals surface area contributed by atoms with Crippen molar-refractivity contribution in [3.63, 3.8) is 0 Å². The summed E-state index contributed by atoms with van der Waals surface area (Å²) in [7, 11) is 0. The van der Waals surface area contributed by atoms with E-state index >= 15 is 0 Å². The molecule has 1 saturated carbocycles. The minimum atomic E-state index is 0.327. The van der Waals surface area contributed by atoms with Crippen molar-refractivity contribution in [2.75, 3.05) is 18.1 Å². The molecule has 26 heavy (non-hydrogen) atoms. The fourth-order valence-electron chi connectivity index (χ4n) is 4.26. The highest BCUT2D eigenvalue weighted by Crippen LogP contribution is 2.35. The van der Waals surface area contributed by atoms with E-state index in [2.05, 4.69) is 28.1 Å². The fraction of sp³-hybridized carbons (Fsp3) is 0.381. The van der Waals surface area contributed by atoms with E-state index in [0.29, 0.717) is 12.1 Å². The predicted octanol–water partition coefficient (Wildman–Crippen LogP) is 3.84. The van der Waals surface area contributed by atoms with Crippen molar-refractivity contribution in [2.45, 2.75) is 37.8 Å². The molecule has 3 aromatic rings. The first kappa shape index (κ1) is 15.7. The van der Waals surface area contributed by atoms with Crippen LogP contribution in [0.1, 0.15) is 25.7 Å². The summed E-state index contributed by atoms with van der Waals surface area (Å²) in [6, 6.07) is 12.7. The molecule has 3 heterocycles. The highest BCUT2D eigenvalue weighted by Gasteiger charge is 2.36. The van der Waals surface area contributed by atoms with Crippen LogP contribution in [0.4, 0.5) is 5.82 Å². The maximum absolute atomic E-state index is 6.11. The first-order valence-corrected chi connectivity index (χ1v) is 9.45. The van der Waals surface area contributed by atoms with E-state index in [1.807, 2.05) is 24.4 Å². The largest absolute Gasteiger partial charge is 0.376 e. The molecular formula is C21H22N4O. The van der Waals surface area contributed by atoms with Gasteiger partial charge >= 0.3 is 0 Å². The fourth-order valence-corrected chi connectivity index (χ4v) is 4.26. The van der Waals surface area contributed by atoms with Crippen molar-refractivity contribution in [3.8, 4) is 11.4 Å². The van der Waals surface area contributed by atoms with Crippen LogP contribution in [0.5, 0.6) is 0 Å². The summed E-state index contributed by atoms with van der Waals surface area (Å²) in [4.78, 5) is 16.5. The van der Waals surface area contributed by atoms with Crippen molar-refractivity contribution < 1.29 is 4.74 Å². The number of hydrogen-bond donors (Lipinski definition) is 0. The second kappa shape index (κ2) is 6.65. The average Bonchev–Trinajstić information content (AvgIpc) is 3.07. The number of ether oxygens (including phenoxy) is 1. The number of pyridine rings is 1. The first-order valence-electron chi connectivity index (χ1n) is 9.45. The van der Waals surface area contributed by atoms with E-state index in [4.69, 9.17) is 14.7 Å². The molecule has 0 radical (unpaired) electrons. The standard InChI is InChI=1S/C21H22N4O/c1-2-8-17-16(7-1)21(24-20(23-17)15-6-4-11-22-14-15)25-12-5-13-26-19-10-3-9-18(19)25/h1-2,4,6-8,11,14,18-19H,3,5,9-10,12-13H2/t18-,19+/m1/s1. The van der Waals surface area contributed by atoms with Gasteiger partial charge in [-0.25, -0.2) is 9.97 Å². The van der Waals surface area contributed by atoms with Gasteiger partial charge in [-0.3, -0.25) is 4.98 Å². The van der Waals surface area contributed by atoms with E-state index < -0.39 is 0 Å². The lowest BCUT2D eigenvalue weighted by Gasteiger charge is -2.32. The molecule has 0 unspecified atom stereocenters. The van der Waals surface area contributed by atoms with Gasteiger partial charge in [0.2, 0.25) is 0 Å². The molecule has 2 aromatic heterocycles. The van der Waals surface area contributed by atoms with Crippen LogP contribution in [-0.2, 0) is 4.74 Å². The number of nitrogens with zero attached hydrogens (tertiary/aromatic N) is 4. The van der Waals surface area contributed by atoms with Crippen LogP contribution in [0.15, 0.2) is 48.8 Å². The van der Waals surface area contributed by atoms with Crippen LogP contribution in [-0.4, -0.2) is 40.2 Å². The van der Waals surface area contributed by atoms with Crippen molar-refractivity contribution in [1.29, 1.82) is 0 Å². The zero-order valence-corrected chi connectivity index (χ0v) is 14.7. The van der Waals surface area contributed by atoms with E-state index in [1.54, 1.807) is 6.20 Å². The van der Waals surface area contributed by atoms with Crippen molar-refractivity contribution >= 4 is 16.7 Å². The minimum absolute atomic E-state index is 0.327. The lowest BCUT2D eigenvalue weighted by atomic mass is 10.1. The Morgan fingerprint density at radius 2 is 1.96 bits per heavy atom. The molecule has 2 aliphatic rings. The Kier molecular flexibility index (Phi) is 4.02. The van der Waals surface area contributed by atoms with Gasteiger partial charge in [-0.15, -0.1) is 0 Å². The maximum atomic E-state index is 6.11. The van der Waals surface area contributed by atoms with Gasteiger partial charge in [-0.1, -0.05) is 12.1 Å². The molecule has 0 amide bonds. The van der Waals surface area contributed by atoms with E-state index in [1.165, 1.54) is 12.8 Å². The molecule has 2 fully saturated rings. The van der Waals surface area contributed by atoms with Gasteiger partial charge in [0, 0.05) is 36.5 Å². The third-order valence-corrected chi connectivity index (χ3v) is 5.47. The molecule has 1 aliphatic heterocycles. The van der Waals surface area contributed by atoms with Gasteiger partial charge in [0.1, 0.15) is 5.82 Å². The number of benzene rings is 1. The highest BCUT2D eigenvalue weighted by molar-refractivity contribution is 5.91. The molecule has 1 aliphatic carbocycles. The third-order valence-electron chi connectivity index (χ3n) is 5.47. The van der Waals surface area contributed by atoms with Gasteiger partial charge in [0.05, 0.1) is 17.7 Å². The molecule has 5 nitrogen and oxygen atoms in total. The van der Waals surface area contributed by atoms with Gasteiger partial charge < -0.3 is 9.64 Å². The Labute approximate surface area is 153 Å². The number of fused-ring (bicyclic) bond motifs is 2. The van der Waals surface area contributed by atoms with Gasteiger partial charge in [-0.05, 0) is 49.9 Å². The molecule has 1 saturated heterocycles. The first-order chi connectivity index (χ1) is 12.9. The summed E-state index contributed by atoms with van der Waals surface area (Å²) in [5.41, 5.74) is 1.93. The Morgan fingerprint density at radius 3 is 2.88 bits per heavy atom. The van der Waals surface area contributed by atoms with Crippen LogP contribution in [0.2, 0.25) is 0 Å². The van der Waals surface area contributed by atoms with Crippen LogP contribution in [0.3, 0.4) is 0 Å². The maximum Gasteiger partial charge on any atom is 0.163 e. The van der Waals surface area contributed by atoms with Crippen molar-refractivity contribution in [2.24, 2.45) is 0 Å². The molecule has 0 bridgehead atoms. The highest BCUT2D eigenvalue weighted by atomic mass is 16.5. The number of hydrogen-bond acceptors (Lipinski definition) is 5. The smallest absolute Gasteiger partial charge is 0.163 e. The number of rotatable bonds is 2. The summed E-state index contributed by atoms with van der Waals surface area (Å²) >= 11 is 0. The molecule has 5 heteroatoms. The molecule has 1 aromatic carbocycles. The molecule has 132 valence electrons. The number of anilines is 1. The van der Waals surface area contributed by atoms with Gasteiger partial charge in [0.25, 0.3) is 0 Å². The van der Waals surface area contributed by atoms with Crippen LogP contribution < -0.4 is 4.90 Å². The van der Waals surface area contributed by atoms with Crippen LogP contribution >= 0.6 is 0 Å². The average molecular weight is 346 g/mol. The Bertz CT molecular complexity index is 914. The lowest BCUT2D eigenvalue weighted by Crippen LogP contribution is -2.40. The van der Waals surface area contributed by atoms with Crippen LogP contribution in [0, 0.1) is 0 Å². The topological polar surface area (TPSA) is 51.1 Å². The normalized spacial score (nSPS) is 23.0. The quantitative estimate of drug-likeness (QED) is 0.706. The molecular weight excluding hydrogens is 324 g/mol. The summed E-state index contributed by atoms with van der Waals surface area (Å²) in [5.74, 6) is 1.78. The summed E-state index contributed by atoms with van der Waals surface area (Å²) in [6.07, 6.45) is 8.52.